The van der Waals surface area contributed by atoms with Gasteiger partial charge in [0.2, 0.25) is 0 Å². The lowest BCUT2D eigenvalue weighted by molar-refractivity contribution is 0.0690. The van der Waals surface area contributed by atoms with Crippen LogP contribution in [-0.4, -0.2) is 31.7 Å². The maximum Gasteiger partial charge on any atom is 0.354 e. The van der Waals surface area contributed by atoms with E-state index >= 15 is 0 Å². The molecule has 1 amide bonds. The van der Waals surface area contributed by atoms with Crippen molar-refractivity contribution in [2.45, 2.75) is 13.5 Å². The van der Waals surface area contributed by atoms with Gasteiger partial charge in [-0.3, -0.25) is 4.79 Å². The highest BCUT2D eigenvalue weighted by Gasteiger charge is 2.15. The van der Waals surface area contributed by atoms with Crippen LogP contribution in [0, 0.1) is 6.92 Å². The van der Waals surface area contributed by atoms with E-state index < -0.39 is 5.97 Å². The van der Waals surface area contributed by atoms with Gasteiger partial charge in [-0.1, -0.05) is 24.3 Å². The highest BCUT2D eigenvalue weighted by molar-refractivity contribution is 5.95. The largest absolute Gasteiger partial charge is 0.477 e. The molecule has 3 aromatic rings. The molecule has 0 bridgehead atoms. The van der Waals surface area contributed by atoms with E-state index in [1.165, 1.54) is 18.5 Å². The fourth-order valence-corrected chi connectivity index (χ4v) is 2.40. The Morgan fingerprint density at radius 3 is 2.52 bits per heavy atom. The van der Waals surface area contributed by atoms with Gasteiger partial charge < -0.3 is 10.4 Å². The number of carbonyl (C=O) groups is 2. The van der Waals surface area contributed by atoms with E-state index in [1.54, 1.807) is 10.7 Å². The summed E-state index contributed by atoms with van der Waals surface area (Å²) in [5.74, 6) is -1.33. The van der Waals surface area contributed by atoms with Crippen molar-refractivity contribution in [3.63, 3.8) is 0 Å². The van der Waals surface area contributed by atoms with Gasteiger partial charge in [0, 0.05) is 12.7 Å². The number of carbonyl (C=O) groups excluding carboxylic acids is 1. The Kier molecular flexibility index (Phi) is 4.56. The van der Waals surface area contributed by atoms with Crippen LogP contribution < -0.4 is 5.32 Å². The Hall–Kier alpha value is -3.48. The molecule has 0 atom stereocenters. The molecule has 7 heteroatoms. The molecule has 2 aromatic heterocycles. The zero-order chi connectivity index (χ0) is 17.8. The third kappa shape index (κ3) is 3.55. The van der Waals surface area contributed by atoms with E-state index in [0.717, 1.165) is 11.4 Å². The zero-order valence-electron chi connectivity index (χ0n) is 13.5. The number of hydrogen-bond acceptors (Lipinski definition) is 4. The molecule has 0 saturated carbocycles. The van der Waals surface area contributed by atoms with Crippen LogP contribution in [0.3, 0.4) is 0 Å². The van der Waals surface area contributed by atoms with Crippen LogP contribution in [0.15, 0.2) is 54.9 Å². The minimum absolute atomic E-state index is 0.0324. The van der Waals surface area contributed by atoms with Crippen LogP contribution >= 0.6 is 0 Å². The van der Waals surface area contributed by atoms with E-state index in [4.69, 9.17) is 5.11 Å². The molecule has 25 heavy (non-hydrogen) atoms. The van der Waals surface area contributed by atoms with Crippen molar-refractivity contribution in [1.82, 2.24) is 20.1 Å². The molecule has 0 radical (unpaired) electrons. The minimum atomic E-state index is -1.08. The van der Waals surface area contributed by atoms with Gasteiger partial charge in [-0.05, 0) is 30.7 Å². The van der Waals surface area contributed by atoms with Gasteiger partial charge in [0.25, 0.3) is 5.91 Å². The molecule has 0 saturated heterocycles. The first kappa shape index (κ1) is 16.4. The van der Waals surface area contributed by atoms with Gasteiger partial charge in [-0.25, -0.2) is 14.5 Å². The summed E-state index contributed by atoms with van der Waals surface area (Å²) in [6, 6.07) is 12.6. The smallest absolute Gasteiger partial charge is 0.354 e. The van der Waals surface area contributed by atoms with Crippen molar-refractivity contribution >= 4 is 11.9 Å². The lowest BCUT2D eigenvalue weighted by Crippen LogP contribution is -2.23. The number of carboxylic acid groups (broad SMARTS) is 1. The van der Waals surface area contributed by atoms with Crippen LogP contribution in [0.25, 0.3) is 5.69 Å². The summed E-state index contributed by atoms with van der Waals surface area (Å²) in [6.45, 7) is 2.08. The van der Waals surface area contributed by atoms with E-state index in [-0.39, 0.29) is 18.1 Å². The van der Waals surface area contributed by atoms with Gasteiger partial charge in [0.1, 0.15) is 5.69 Å². The molecule has 1 aromatic carbocycles. The molecular weight excluding hydrogens is 320 g/mol. The highest BCUT2D eigenvalue weighted by atomic mass is 16.4. The van der Waals surface area contributed by atoms with Gasteiger partial charge in [-0.2, -0.15) is 5.10 Å². The summed E-state index contributed by atoms with van der Waals surface area (Å²) in [7, 11) is 0. The zero-order valence-corrected chi connectivity index (χ0v) is 13.5. The first-order valence-electron chi connectivity index (χ1n) is 7.62. The number of aromatic carboxylic acids is 1. The molecule has 0 spiro atoms. The summed E-state index contributed by atoms with van der Waals surface area (Å²) in [5.41, 5.74) is 2.79. The third-order valence-corrected chi connectivity index (χ3v) is 3.75. The molecule has 0 unspecified atom stereocenters. The maximum atomic E-state index is 12.4. The van der Waals surface area contributed by atoms with Crippen LogP contribution in [0.5, 0.6) is 0 Å². The van der Waals surface area contributed by atoms with Gasteiger partial charge in [-0.15, -0.1) is 0 Å². The van der Waals surface area contributed by atoms with E-state index in [1.807, 2.05) is 37.3 Å². The minimum Gasteiger partial charge on any atom is -0.477 e. The number of nitrogens with zero attached hydrogens (tertiary/aromatic N) is 3. The van der Waals surface area contributed by atoms with Crippen molar-refractivity contribution in [3.8, 4) is 5.69 Å². The van der Waals surface area contributed by atoms with Crippen molar-refractivity contribution < 1.29 is 14.7 Å². The molecule has 7 nitrogen and oxygen atoms in total. The SMILES string of the molecule is Cc1c(C(=O)NCc2ccc(C(=O)O)nc2)cnn1-c1ccccc1. The quantitative estimate of drug-likeness (QED) is 0.744. The first-order chi connectivity index (χ1) is 12.1. The predicted molar refractivity (Wildman–Crippen MR) is 90.7 cm³/mol. The number of amides is 1. The third-order valence-electron chi connectivity index (χ3n) is 3.75. The molecule has 0 fully saturated rings. The van der Waals surface area contributed by atoms with E-state index in [9.17, 15) is 9.59 Å². The fraction of sp³-hybridized carbons (Fsp3) is 0.111. The Bertz CT molecular complexity index is 902. The van der Waals surface area contributed by atoms with Crippen molar-refractivity contribution in [3.05, 3.63) is 77.4 Å². The molecule has 0 aliphatic rings. The number of pyridine rings is 1. The average molecular weight is 336 g/mol. The fourth-order valence-electron chi connectivity index (χ4n) is 2.40. The average Bonchev–Trinajstić information content (AvgIpc) is 3.02. The summed E-state index contributed by atoms with van der Waals surface area (Å²) in [4.78, 5) is 27.0. The van der Waals surface area contributed by atoms with Crippen LogP contribution in [-0.2, 0) is 6.54 Å². The van der Waals surface area contributed by atoms with Crippen LogP contribution in [0.1, 0.15) is 32.1 Å². The predicted octanol–water partition coefficient (Wildman–Crippen LogP) is 2.20. The number of para-hydroxylation sites is 1. The topological polar surface area (TPSA) is 97.1 Å². The van der Waals surface area contributed by atoms with Crippen molar-refractivity contribution in [1.29, 1.82) is 0 Å². The van der Waals surface area contributed by atoms with Gasteiger partial charge in [0.05, 0.1) is 23.1 Å². The monoisotopic (exact) mass is 336 g/mol. The Balaban J connectivity index is 1.70. The maximum absolute atomic E-state index is 12.4. The lowest BCUT2D eigenvalue weighted by Gasteiger charge is -2.07. The second-order valence-electron chi connectivity index (χ2n) is 5.43. The van der Waals surface area contributed by atoms with Crippen molar-refractivity contribution in [2.24, 2.45) is 0 Å². The molecule has 0 aliphatic heterocycles. The highest BCUT2D eigenvalue weighted by Crippen LogP contribution is 2.14. The van der Waals surface area contributed by atoms with Gasteiger partial charge >= 0.3 is 5.97 Å². The first-order valence-corrected chi connectivity index (χ1v) is 7.62. The van der Waals surface area contributed by atoms with Crippen molar-refractivity contribution in [2.75, 3.05) is 0 Å². The van der Waals surface area contributed by atoms with E-state index in [2.05, 4.69) is 15.4 Å². The van der Waals surface area contributed by atoms with Gasteiger partial charge in [0.15, 0.2) is 0 Å². The number of rotatable bonds is 5. The Labute approximate surface area is 143 Å². The second kappa shape index (κ2) is 6.96. The standard InChI is InChI=1S/C18H16N4O3/c1-12-15(11-21-22(12)14-5-3-2-4-6-14)17(23)20-10-13-7-8-16(18(24)25)19-9-13/h2-9,11H,10H2,1H3,(H,20,23)(H,24,25). The summed E-state index contributed by atoms with van der Waals surface area (Å²) < 4.78 is 1.71. The molecular formula is C18H16N4O3. The molecule has 2 N–H and O–H groups in total. The van der Waals surface area contributed by atoms with Crippen LogP contribution in [0.4, 0.5) is 0 Å². The number of nitrogens with one attached hydrogen (secondary N) is 1. The second-order valence-corrected chi connectivity index (χ2v) is 5.43. The summed E-state index contributed by atoms with van der Waals surface area (Å²) >= 11 is 0. The molecule has 126 valence electrons. The normalized spacial score (nSPS) is 10.4. The molecule has 2 heterocycles. The summed E-state index contributed by atoms with van der Waals surface area (Å²) in [6.07, 6.45) is 2.97. The Morgan fingerprint density at radius 1 is 1.12 bits per heavy atom. The van der Waals surface area contributed by atoms with Crippen LogP contribution in [0.2, 0.25) is 0 Å². The van der Waals surface area contributed by atoms with E-state index in [0.29, 0.717) is 11.1 Å². The molecule has 3 rings (SSSR count). The Morgan fingerprint density at radius 2 is 1.88 bits per heavy atom. The summed E-state index contributed by atoms with van der Waals surface area (Å²) in [5, 5.41) is 15.9. The number of hydrogen-bond donors (Lipinski definition) is 2. The number of benzene rings is 1. The number of aromatic nitrogens is 3. The lowest BCUT2D eigenvalue weighted by atomic mass is 10.2. The molecule has 0 aliphatic carbocycles. The number of carboxylic acids is 1.